The number of hydrogen-bond donors (Lipinski definition) is 2. The molecule has 2 rings (SSSR count). The van der Waals surface area contributed by atoms with E-state index in [0.29, 0.717) is 32.2 Å². The highest BCUT2D eigenvalue weighted by Crippen LogP contribution is 2.34. The van der Waals surface area contributed by atoms with E-state index in [1.54, 1.807) is 0 Å². The number of urea groups is 1. The summed E-state index contributed by atoms with van der Waals surface area (Å²) >= 11 is 0. The van der Waals surface area contributed by atoms with E-state index in [1.165, 1.54) is 17.3 Å². The molecule has 0 radical (unpaired) electrons. The Labute approximate surface area is 116 Å². The first-order chi connectivity index (χ1) is 9.60. The van der Waals surface area contributed by atoms with E-state index in [4.69, 9.17) is 0 Å². The highest BCUT2D eigenvalue weighted by molar-refractivity contribution is 5.93. The van der Waals surface area contributed by atoms with Crippen molar-refractivity contribution in [2.75, 3.05) is 11.9 Å². The summed E-state index contributed by atoms with van der Waals surface area (Å²) in [5.41, 5.74) is -1.12. The molecule has 0 aromatic carbocycles. The van der Waals surface area contributed by atoms with Crippen LogP contribution < -0.4 is 5.32 Å². The van der Waals surface area contributed by atoms with E-state index in [1.807, 2.05) is 6.92 Å². The molecule has 0 spiro atoms. The van der Waals surface area contributed by atoms with E-state index in [9.17, 15) is 14.7 Å². The number of rotatable bonds is 4. The van der Waals surface area contributed by atoms with Gasteiger partial charge in [-0.05, 0) is 19.3 Å². The Balaban J connectivity index is 2.17. The molecule has 1 aliphatic heterocycles. The van der Waals surface area contributed by atoms with Gasteiger partial charge in [0.25, 0.3) is 5.95 Å². The maximum atomic E-state index is 12.3. The Morgan fingerprint density at radius 1 is 1.50 bits per heavy atom. The lowest BCUT2D eigenvalue weighted by Gasteiger charge is -2.34. The third-order valence-electron chi connectivity index (χ3n) is 3.50. The molecule has 8 nitrogen and oxygen atoms in total. The van der Waals surface area contributed by atoms with E-state index in [-0.39, 0.29) is 5.95 Å². The van der Waals surface area contributed by atoms with Crippen molar-refractivity contribution >= 4 is 17.9 Å². The number of likely N-dealkylation sites (tertiary alicyclic amines) is 1. The van der Waals surface area contributed by atoms with Crippen LogP contribution in [-0.2, 0) is 4.79 Å². The summed E-state index contributed by atoms with van der Waals surface area (Å²) in [5.74, 6) is -0.890. The molecule has 8 heteroatoms. The average molecular weight is 279 g/mol. The SMILES string of the molecule is CCCC1(C(=O)O)CCCN1C(=O)Nc1nccnn1. The molecule has 2 heterocycles. The van der Waals surface area contributed by atoms with Crippen LogP contribution in [0, 0.1) is 0 Å². The number of carbonyl (C=O) groups is 2. The summed E-state index contributed by atoms with van der Waals surface area (Å²) < 4.78 is 0. The molecular formula is C12H17N5O3. The van der Waals surface area contributed by atoms with Gasteiger partial charge in [-0.15, -0.1) is 5.10 Å². The van der Waals surface area contributed by atoms with Crippen LogP contribution in [0.3, 0.4) is 0 Å². The Morgan fingerprint density at radius 3 is 2.90 bits per heavy atom. The second-order valence-electron chi connectivity index (χ2n) is 4.74. The molecular weight excluding hydrogens is 262 g/mol. The second kappa shape index (κ2) is 5.81. The minimum absolute atomic E-state index is 0.0696. The Hall–Kier alpha value is -2.25. The lowest BCUT2D eigenvalue weighted by molar-refractivity contribution is -0.148. The van der Waals surface area contributed by atoms with Crippen molar-refractivity contribution in [2.45, 2.75) is 38.1 Å². The lowest BCUT2D eigenvalue weighted by atomic mass is 9.91. The van der Waals surface area contributed by atoms with Crippen molar-refractivity contribution in [2.24, 2.45) is 0 Å². The largest absolute Gasteiger partial charge is 0.479 e. The van der Waals surface area contributed by atoms with Gasteiger partial charge >= 0.3 is 12.0 Å². The molecule has 2 N–H and O–H groups in total. The first kappa shape index (κ1) is 14.2. The molecule has 2 amide bonds. The first-order valence-corrected chi connectivity index (χ1v) is 6.56. The Morgan fingerprint density at radius 2 is 2.30 bits per heavy atom. The number of hydrogen-bond acceptors (Lipinski definition) is 5. The van der Waals surface area contributed by atoms with Gasteiger partial charge in [0.15, 0.2) is 0 Å². The third-order valence-corrected chi connectivity index (χ3v) is 3.50. The fourth-order valence-corrected chi connectivity index (χ4v) is 2.65. The van der Waals surface area contributed by atoms with Crippen LogP contribution in [-0.4, -0.2) is 49.3 Å². The van der Waals surface area contributed by atoms with E-state index in [0.717, 1.165) is 0 Å². The standard InChI is InChI=1S/C12H17N5O3/c1-2-4-12(9(18)19)5-3-8-17(12)11(20)15-10-13-6-7-14-16-10/h6-7H,2-5,8H2,1H3,(H,18,19)(H,13,15,16,20). The number of carboxylic acids is 1. The van der Waals surface area contributed by atoms with Gasteiger partial charge in [0.2, 0.25) is 0 Å². The molecule has 1 saturated heterocycles. The monoisotopic (exact) mass is 279 g/mol. The van der Waals surface area contributed by atoms with Crippen molar-refractivity contribution in [3.8, 4) is 0 Å². The lowest BCUT2D eigenvalue weighted by Crippen LogP contribution is -2.54. The van der Waals surface area contributed by atoms with Gasteiger partial charge in [-0.1, -0.05) is 13.3 Å². The number of amides is 2. The van der Waals surface area contributed by atoms with Crippen LogP contribution >= 0.6 is 0 Å². The van der Waals surface area contributed by atoms with Gasteiger partial charge in [-0.25, -0.2) is 14.6 Å². The van der Waals surface area contributed by atoms with Gasteiger partial charge < -0.3 is 10.0 Å². The number of carboxylic acid groups (broad SMARTS) is 1. The van der Waals surface area contributed by atoms with Gasteiger partial charge in [-0.3, -0.25) is 5.32 Å². The molecule has 0 saturated carbocycles. The van der Waals surface area contributed by atoms with Crippen molar-refractivity contribution < 1.29 is 14.7 Å². The number of anilines is 1. The summed E-state index contributed by atoms with van der Waals surface area (Å²) in [6.45, 7) is 2.32. The Kier molecular flexibility index (Phi) is 4.11. The number of nitrogens with one attached hydrogen (secondary N) is 1. The highest BCUT2D eigenvalue weighted by atomic mass is 16.4. The smallest absolute Gasteiger partial charge is 0.329 e. The zero-order valence-corrected chi connectivity index (χ0v) is 11.2. The molecule has 1 aromatic rings. The molecule has 108 valence electrons. The van der Waals surface area contributed by atoms with Crippen molar-refractivity contribution in [1.29, 1.82) is 0 Å². The predicted octanol–water partition coefficient (Wildman–Crippen LogP) is 1.12. The predicted molar refractivity (Wildman–Crippen MR) is 70.1 cm³/mol. The van der Waals surface area contributed by atoms with Crippen LogP contribution in [0.2, 0.25) is 0 Å². The van der Waals surface area contributed by atoms with Crippen molar-refractivity contribution in [3.63, 3.8) is 0 Å². The van der Waals surface area contributed by atoms with Crippen molar-refractivity contribution in [3.05, 3.63) is 12.4 Å². The van der Waals surface area contributed by atoms with Gasteiger partial charge in [-0.2, -0.15) is 5.10 Å². The number of aliphatic carboxylic acids is 1. The maximum Gasteiger partial charge on any atom is 0.329 e. The number of aromatic nitrogens is 3. The molecule has 1 fully saturated rings. The molecule has 1 aliphatic rings. The van der Waals surface area contributed by atoms with E-state index >= 15 is 0 Å². The fourth-order valence-electron chi connectivity index (χ4n) is 2.65. The van der Waals surface area contributed by atoms with Crippen LogP contribution in [0.5, 0.6) is 0 Å². The van der Waals surface area contributed by atoms with E-state index in [2.05, 4.69) is 20.5 Å². The van der Waals surface area contributed by atoms with Gasteiger partial charge in [0, 0.05) is 6.54 Å². The third kappa shape index (κ3) is 2.54. The minimum atomic E-state index is -1.12. The number of nitrogens with zero attached hydrogens (tertiary/aromatic N) is 4. The summed E-state index contributed by atoms with van der Waals surface area (Å²) in [6, 6.07) is -0.494. The van der Waals surface area contributed by atoms with Crippen molar-refractivity contribution in [1.82, 2.24) is 20.1 Å². The topological polar surface area (TPSA) is 108 Å². The van der Waals surface area contributed by atoms with E-state index < -0.39 is 17.5 Å². The zero-order chi connectivity index (χ0) is 14.6. The Bertz CT molecular complexity index is 495. The average Bonchev–Trinajstić information content (AvgIpc) is 2.85. The van der Waals surface area contributed by atoms with Crippen LogP contribution in [0.25, 0.3) is 0 Å². The second-order valence-corrected chi connectivity index (χ2v) is 4.74. The summed E-state index contributed by atoms with van der Waals surface area (Å²) in [6.07, 6.45) is 5.07. The molecule has 20 heavy (non-hydrogen) atoms. The molecule has 1 atom stereocenters. The fraction of sp³-hybridized carbons (Fsp3) is 0.583. The molecule has 1 aromatic heterocycles. The summed E-state index contributed by atoms with van der Waals surface area (Å²) in [4.78, 5) is 29.1. The molecule has 0 bridgehead atoms. The summed E-state index contributed by atoms with van der Waals surface area (Å²) in [5, 5.41) is 19.3. The number of carbonyl (C=O) groups excluding carboxylic acids is 1. The van der Waals surface area contributed by atoms with Gasteiger partial charge in [0.05, 0.1) is 12.4 Å². The molecule has 0 aliphatic carbocycles. The van der Waals surface area contributed by atoms with Crippen LogP contribution in [0.4, 0.5) is 10.7 Å². The minimum Gasteiger partial charge on any atom is -0.479 e. The zero-order valence-electron chi connectivity index (χ0n) is 11.2. The van der Waals surface area contributed by atoms with Gasteiger partial charge in [0.1, 0.15) is 5.54 Å². The normalized spacial score (nSPS) is 21.8. The first-order valence-electron chi connectivity index (χ1n) is 6.56. The quantitative estimate of drug-likeness (QED) is 0.855. The highest BCUT2D eigenvalue weighted by Gasteiger charge is 2.49. The van der Waals surface area contributed by atoms with Crippen LogP contribution in [0.15, 0.2) is 12.4 Å². The summed E-state index contributed by atoms with van der Waals surface area (Å²) in [7, 11) is 0. The maximum absolute atomic E-state index is 12.3. The van der Waals surface area contributed by atoms with Crippen LogP contribution in [0.1, 0.15) is 32.6 Å². The molecule has 1 unspecified atom stereocenters.